The topological polar surface area (TPSA) is 45.2 Å². The van der Waals surface area contributed by atoms with Crippen molar-refractivity contribution in [2.24, 2.45) is 0 Å². The van der Waals surface area contributed by atoms with E-state index in [1.165, 1.54) is 24.9 Å². The molecule has 2 atom stereocenters. The third-order valence-corrected chi connectivity index (χ3v) is 5.37. The molecule has 0 spiro atoms. The lowest BCUT2D eigenvalue weighted by Crippen LogP contribution is -2.55. The number of hydrogen-bond donors (Lipinski definition) is 1. The molecule has 5 heteroatoms. The molecule has 0 amide bonds. The van der Waals surface area contributed by atoms with Crippen LogP contribution in [-0.2, 0) is 6.54 Å². The highest BCUT2D eigenvalue weighted by Crippen LogP contribution is 2.31. The maximum absolute atomic E-state index is 9.48. The number of fused-ring (bicyclic) bond motifs is 1. The number of terminal acetylenes is 1. The van der Waals surface area contributed by atoms with E-state index in [-0.39, 0.29) is 13.2 Å². The lowest BCUT2D eigenvalue weighted by Gasteiger charge is -2.43. The minimum Gasteiger partial charge on any atom is -0.490 e. The molecule has 2 aliphatic heterocycles. The lowest BCUT2D eigenvalue weighted by atomic mass is 10.0. The number of ether oxygens (including phenoxy) is 2. The van der Waals surface area contributed by atoms with E-state index in [0.29, 0.717) is 24.4 Å². The molecule has 1 aromatic rings. The predicted octanol–water partition coefficient (Wildman–Crippen LogP) is 2.13. The molecule has 1 unspecified atom stereocenters. The SMILES string of the molecule is C#CCOc1ccc(CN2CC3CCCN3C[C@@H]2CCO)cc1OCC. The summed E-state index contributed by atoms with van der Waals surface area (Å²) in [5.41, 5.74) is 1.20. The maximum Gasteiger partial charge on any atom is 0.162 e. The Hall–Kier alpha value is -1.74. The first-order valence-electron chi connectivity index (χ1n) is 9.66. The molecule has 5 nitrogen and oxygen atoms in total. The normalized spacial score (nSPS) is 23.4. The van der Waals surface area contributed by atoms with Gasteiger partial charge in [-0.05, 0) is 50.4 Å². The Morgan fingerprint density at radius 3 is 2.92 bits per heavy atom. The fraction of sp³-hybridized carbons (Fsp3) is 0.619. The Labute approximate surface area is 156 Å². The first-order valence-corrected chi connectivity index (χ1v) is 9.66. The molecular formula is C21H30N2O3. The molecule has 1 N–H and O–H groups in total. The number of hydrogen-bond acceptors (Lipinski definition) is 5. The monoisotopic (exact) mass is 358 g/mol. The molecule has 2 aliphatic rings. The van der Waals surface area contributed by atoms with E-state index in [0.717, 1.165) is 31.8 Å². The van der Waals surface area contributed by atoms with Gasteiger partial charge in [0.05, 0.1) is 6.61 Å². The van der Waals surface area contributed by atoms with Crippen molar-refractivity contribution >= 4 is 0 Å². The van der Waals surface area contributed by atoms with Crippen LogP contribution in [0.1, 0.15) is 31.7 Å². The maximum atomic E-state index is 9.48. The van der Waals surface area contributed by atoms with Crippen LogP contribution in [0.5, 0.6) is 11.5 Å². The van der Waals surface area contributed by atoms with Crippen LogP contribution in [0.3, 0.4) is 0 Å². The van der Waals surface area contributed by atoms with E-state index in [1.807, 2.05) is 13.0 Å². The van der Waals surface area contributed by atoms with Crippen molar-refractivity contribution in [2.45, 2.75) is 44.8 Å². The fourth-order valence-electron chi connectivity index (χ4n) is 4.16. The second-order valence-electron chi connectivity index (χ2n) is 7.09. The summed E-state index contributed by atoms with van der Waals surface area (Å²) in [6, 6.07) is 7.17. The summed E-state index contributed by atoms with van der Waals surface area (Å²) >= 11 is 0. The third kappa shape index (κ3) is 4.50. The van der Waals surface area contributed by atoms with Gasteiger partial charge in [0.25, 0.3) is 0 Å². The summed E-state index contributed by atoms with van der Waals surface area (Å²) in [5.74, 6) is 3.94. The molecule has 142 valence electrons. The van der Waals surface area contributed by atoms with E-state index in [1.54, 1.807) is 0 Å². The van der Waals surface area contributed by atoms with Gasteiger partial charge in [-0.3, -0.25) is 9.80 Å². The lowest BCUT2D eigenvalue weighted by molar-refractivity contribution is 0.0333. The number of rotatable bonds is 8. The van der Waals surface area contributed by atoms with Gasteiger partial charge in [-0.2, -0.15) is 0 Å². The molecule has 0 saturated carbocycles. The molecule has 3 rings (SSSR count). The highest BCUT2D eigenvalue weighted by Gasteiger charge is 2.35. The zero-order chi connectivity index (χ0) is 18.4. The van der Waals surface area contributed by atoms with Crippen LogP contribution in [0.4, 0.5) is 0 Å². The summed E-state index contributed by atoms with van der Waals surface area (Å²) in [5, 5.41) is 9.48. The first-order chi connectivity index (χ1) is 12.7. The van der Waals surface area contributed by atoms with Crippen LogP contribution in [0.15, 0.2) is 18.2 Å². The Morgan fingerprint density at radius 1 is 1.27 bits per heavy atom. The molecular weight excluding hydrogens is 328 g/mol. The minimum absolute atomic E-state index is 0.238. The third-order valence-electron chi connectivity index (χ3n) is 5.37. The first kappa shape index (κ1) is 19.0. The molecule has 0 aliphatic carbocycles. The highest BCUT2D eigenvalue weighted by molar-refractivity contribution is 5.43. The number of nitrogens with zero attached hydrogens (tertiary/aromatic N) is 2. The largest absolute Gasteiger partial charge is 0.490 e. The second kappa shape index (κ2) is 9.27. The molecule has 2 fully saturated rings. The molecule has 0 bridgehead atoms. The zero-order valence-corrected chi connectivity index (χ0v) is 15.7. The Kier molecular flexibility index (Phi) is 6.79. The van der Waals surface area contributed by atoms with Gasteiger partial charge in [0.2, 0.25) is 0 Å². The van der Waals surface area contributed by atoms with Crippen LogP contribution in [-0.4, -0.2) is 66.4 Å². The Morgan fingerprint density at radius 2 is 2.15 bits per heavy atom. The summed E-state index contributed by atoms with van der Waals surface area (Å²) < 4.78 is 11.3. The molecule has 2 heterocycles. The molecule has 2 saturated heterocycles. The summed E-state index contributed by atoms with van der Waals surface area (Å²) in [6.07, 6.45) is 8.69. The van der Waals surface area contributed by atoms with Crippen LogP contribution >= 0.6 is 0 Å². The van der Waals surface area contributed by atoms with E-state index < -0.39 is 0 Å². The Bertz CT molecular complexity index is 628. The fourth-order valence-corrected chi connectivity index (χ4v) is 4.16. The van der Waals surface area contributed by atoms with Gasteiger partial charge >= 0.3 is 0 Å². The second-order valence-corrected chi connectivity index (χ2v) is 7.09. The highest BCUT2D eigenvalue weighted by atomic mass is 16.5. The van der Waals surface area contributed by atoms with Crippen LogP contribution < -0.4 is 9.47 Å². The van der Waals surface area contributed by atoms with Crippen molar-refractivity contribution in [3.63, 3.8) is 0 Å². The van der Waals surface area contributed by atoms with Gasteiger partial charge in [-0.15, -0.1) is 6.42 Å². The smallest absolute Gasteiger partial charge is 0.162 e. The Balaban J connectivity index is 1.73. The van der Waals surface area contributed by atoms with Crippen molar-refractivity contribution < 1.29 is 14.6 Å². The number of aliphatic hydroxyl groups excluding tert-OH is 1. The van der Waals surface area contributed by atoms with Crippen molar-refractivity contribution in [2.75, 3.05) is 39.5 Å². The average molecular weight is 358 g/mol. The van der Waals surface area contributed by atoms with Crippen molar-refractivity contribution in [3.8, 4) is 23.8 Å². The number of aliphatic hydroxyl groups is 1. The molecule has 0 aromatic heterocycles. The number of benzene rings is 1. The van der Waals surface area contributed by atoms with Crippen LogP contribution in [0.2, 0.25) is 0 Å². The minimum atomic E-state index is 0.238. The van der Waals surface area contributed by atoms with E-state index in [2.05, 4.69) is 27.9 Å². The van der Waals surface area contributed by atoms with Gasteiger partial charge in [-0.1, -0.05) is 12.0 Å². The van der Waals surface area contributed by atoms with Crippen LogP contribution in [0.25, 0.3) is 0 Å². The van der Waals surface area contributed by atoms with Crippen LogP contribution in [0, 0.1) is 12.3 Å². The summed E-state index contributed by atoms with van der Waals surface area (Å²) in [4.78, 5) is 5.12. The van der Waals surface area contributed by atoms with Crippen molar-refractivity contribution in [1.29, 1.82) is 0 Å². The summed E-state index contributed by atoms with van der Waals surface area (Å²) in [7, 11) is 0. The van der Waals surface area contributed by atoms with E-state index in [9.17, 15) is 5.11 Å². The quantitative estimate of drug-likeness (QED) is 0.722. The van der Waals surface area contributed by atoms with Gasteiger partial charge in [0.15, 0.2) is 11.5 Å². The van der Waals surface area contributed by atoms with Crippen molar-refractivity contribution in [3.05, 3.63) is 23.8 Å². The van der Waals surface area contributed by atoms with Crippen molar-refractivity contribution in [1.82, 2.24) is 9.80 Å². The predicted molar refractivity (Wildman–Crippen MR) is 102 cm³/mol. The van der Waals surface area contributed by atoms with E-state index in [4.69, 9.17) is 15.9 Å². The van der Waals surface area contributed by atoms with Gasteiger partial charge in [-0.25, -0.2) is 0 Å². The molecule has 26 heavy (non-hydrogen) atoms. The van der Waals surface area contributed by atoms with Gasteiger partial charge in [0, 0.05) is 38.3 Å². The zero-order valence-electron chi connectivity index (χ0n) is 15.7. The number of piperazine rings is 1. The van der Waals surface area contributed by atoms with Gasteiger partial charge < -0.3 is 14.6 Å². The average Bonchev–Trinajstić information content (AvgIpc) is 3.09. The molecule has 1 aromatic carbocycles. The van der Waals surface area contributed by atoms with Gasteiger partial charge in [0.1, 0.15) is 6.61 Å². The summed E-state index contributed by atoms with van der Waals surface area (Å²) in [6.45, 7) is 7.24. The standard InChI is InChI=1S/C21H30N2O3/c1-3-12-26-20-8-7-17(13-21(20)25-4-2)14-23-16-18-6-5-10-22(18)15-19(23)9-11-24/h1,7-8,13,18-19,24H,4-6,9-12,14-16H2,2H3/t18?,19-/m0/s1. The molecule has 0 radical (unpaired) electrons. The van der Waals surface area contributed by atoms with E-state index >= 15 is 0 Å².